The number of anilines is 1. The van der Waals surface area contributed by atoms with Gasteiger partial charge in [0, 0.05) is 19.0 Å². The maximum Gasteiger partial charge on any atom is 0.253 e. The number of nitrogens with zero attached hydrogens (tertiary/aromatic N) is 2. The number of fused-ring (bicyclic) bond motifs is 1. The van der Waals surface area contributed by atoms with Crippen molar-refractivity contribution in [3.05, 3.63) is 60.4 Å². The van der Waals surface area contributed by atoms with Crippen LogP contribution in [0.25, 0.3) is 11.0 Å². The van der Waals surface area contributed by atoms with Crippen LogP contribution < -0.4 is 10.6 Å². The van der Waals surface area contributed by atoms with Crippen LogP contribution in [0.1, 0.15) is 29.6 Å². The summed E-state index contributed by atoms with van der Waals surface area (Å²) in [5, 5.41) is 5.82. The van der Waals surface area contributed by atoms with Gasteiger partial charge in [0.15, 0.2) is 0 Å². The fourth-order valence-electron chi connectivity index (χ4n) is 2.90. The molecule has 1 heterocycles. The molecule has 0 aliphatic heterocycles. The second kappa shape index (κ2) is 7.00. The molecule has 0 spiro atoms. The summed E-state index contributed by atoms with van der Waals surface area (Å²) in [6.07, 6.45) is 4.10. The van der Waals surface area contributed by atoms with Crippen LogP contribution in [0.4, 0.5) is 5.69 Å². The van der Waals surface area contributed by atoms with Gasteiger partial charge in [-0.05, 0) is 37.1 Å². The maximum atomic E-state index is 12.4. The molecule has 26 heavy (non-hydrogen) atoms. The number of carbonyl (C=O) groups excluding carboxylic acids is 2. The number of hydrogen-bond acceptors (Lipinski definition) is 3. The molecule has 2 N–H and O–H groups in total. The second-order valence-corrected chi connectivity index (χ2v) is 6.52. The molecule has 0 atom stereocenters. The lowest BCUT2D eigenvalue weighted by Gasteiger charge is -2.11. The summed E-state index contributed by atoms with van der Waals surface area (Å²) in [6.45, 7) is 0.531. The Morgan fingerprint density at radius 1 is 1.08 bits per heavy atom. The van der Waals surface area contributed by atoms with Gasteiger partial charge in [0.25, 0.3) is 5.91 Å². The minimum Gasteiger partial charge on any atom is -0.349 e. The number of hydrogen-bond donors (Lipinski definition) is 2. The number of aryl methyl sites for hydroxylation is 1. The Balaban J connectivity index is 1.41. The van der Waals surface area contributed by atoms with E-state index in [-0.39, 0.29) is 17.9 Å². The van der Waals surface area contributed by atoms with E-state index < -0.39 is 0 Å². The van der Waals surface area contributed by atoms with Crippen LogP contribution in [0.3, 0.4) is 0 Å². The van der Waals surface area contributed by atoms with Crippen LogP contribution in [0.5, 0.6) is 0 Å². The third-order valence-corrected chi connectivity index (χ3v) is 4.47. The van der Waals surface area contributed by atoms with Crippen molar-refractivity contribution >= 4 is 28.5 Å². The zero-order chi connectivity index (χ0) is 17.9. The molecule has 132 valence electrons. The van der Waals surface area contributed by atoms with Crippen molar-refractivity contribution in [3.63, 3.8) is 0 Å². The fraction of sp³-hybridized carbons (Fsp3) is 0.250. The first-order chi connectivity index (χ1) is 12.7. The minimum atomic E-state index is -0.135. The van der Waals surface area contributed by atoms with Gasteiger partial charge in [-0.2, -0.15) is 0 Å². The van der Waals surface area contributed by atoms with Crippen LogP contribution in [0.15, 0.2) is 54.9 Å². The number of aromatic nitrogens is 2. The number of imidazole rings is 1. The van der Waals surface area contributed by atoms with E-state index in [2.05, 4.69) is 15.6 Å². The lowest BCUT2D eigenvalue weighted by Crippen LogP contribution is -2.27. The predicted molar refractivity (Wildman–Crippen MR) is 99.9 cm³/mol. The van der Waals surface area contributed by atoms with E-state index in [1.165, 1.54) is 0 Å². The molecule has 1 fully saturated rings. The Hall–Kier alpha value is -3.15. The summed E-state index contributed by atoms with van der Waals surface area (Å²) in [7, 11) is 0. The number of rotatable bonds is 6. The van der Waals surface area contributed by atoms with E-state index >= 15 is 0 Å². The smallest absolute Gasteiger partial charge is 0.253 e. The van der Waals surface area contributed by atoms with E-state index in [1.54, 1.807) is 24.5 Å². The van der Waals surface area contributed by atoms with E-state index in [1.807, 2.05) is 34.9 Å². The lowest BCUT2D eigenvalue weighted by molar-refractivity contribution is -0.116. The molecule has 1 aliphatic carbocycles. The van der Waals surface area contributed by atoms with Gasteiger partial charge in [-0.25, -0.2) is 4.98 Å². The van der Waals surface area contributed by atoms with E-state index in [4.69, 9.17) is 0 Å². The van der Waals surface area contributed by atoms with Gasteiger partial charge in [-0.1, -0.05) is 24.3 Å². The van der Waals surface area contributed by atoms with Gasteiger partial charge >= 0.3 is 0 Å². The quantitative estimate of drug-likeness (QED) is 0.719. The molecule has 2 aromatic carbocycles. The van der Waals surface area contributed by atoms with Gasteiger partial charge in [-0.15, -0.1) is 0 Å². The van der Waals surface area contributed by atoms with Crippen molar-refractivity contribution in [1.82, 2.24) is 14.9 Å². The van der Waals surface area contributed by atoms with Gasteiger partial charge in [0.05, 0.1) is 28.6 Å². The highest BCUT2D eigenvalue weighted by Gasteiger charge is 2.25. The summed E-state index contributed by atoms with van der Waals surface area (Å²) in [4.78, 5) is 29.0. The van der Waals surface area contributed by atoms with Crippen LogP contribution in [0, 0.1) is 0 Å². The number of amides is 2. The predicted octanol–water partition coefficient (Wildman–Crippen LogP) is 2.96. The Bertz CT molecular complexity index is 959. The Morgan fingerprint density at radius 2 is 1.85 bits per heavy atom. The molecule has 2 amide bonds. The van der Waals surface area contributed by atoms with E-state index in [9.17, 15) is 9.59 Å². The third kappa shape index (κ3) is 3.59. The van der Waals surface area contributed by atoms with Gasteiger partial charge < -0.3 is 15.2 Å². The molecule has 1 aromatic heterocycles. The summed E-state index contributed by atoms with van der Waals surface area (Å²) >= 11 is 0. The first kappa shape index (κ1) is 16.3. The van der Waals surface area contributed by atoms with Gasteiger partial charge in [0.1, 0.15) is 0 Å². The SMILES string of the molecule is O=C(CCn1cnc2ccccc21)Nc1ccccc1C(=O)NC1CC1. The van der Waals surface area contributed by atoms with Gasteiger partial charge in [-0.3, -0.25) is 9.59 Å². The van der Waals surface area contributed by atoms with Crippen molar-refractivity contribution < 1.29 is 9.59 Å². The molecule has 1 aliphatic rings. The van der Waals surface area contributed by atoms with Crippen molar-refractivity contribution in [2.75, 3.05) is 5.32 Å². The zero-order valence-electron chi connectivity index (χ0n) is 14.3. The van der Waals surface area contributed by atoms with Crippen molar-refractivity contribution in [3.8, 4) is 0 Å². The Labute approximate surface area is 151 Å². The van der Waals surface area contributed by atoms with E-state index in [0.717, 1.165) is 23.9 Å². The Morgan fingerprint density at radius 3 is 2.69 bits per heavy atom. The van der Waals surface area contributed by atoms with E-state index in [0.29, 0.717) is 24.2 Å². The molecule has 0 bridgehead atoms. The van der Waals surface area contributed by atoms with Crippen LogP contribution in [0.2, 0.25) is 0 Å². The molecular formula is C20H20N4O2. The maximum absolute atomic E-state index is 12.4. The summed E-state index contributed by atoms with van der Waals surface area (Å²) in [5.41, 5.74) is 2.96. The molecule has 6 nitrogen and oxygen atoms in total. The number of carbonyl (C=O) groups is 2. The zero-order valence-corrected chi connectivity index (χ0v) is 14.3. The third-order valence-electron chi connectivity index (χ3n) is 4.47. The number of benzene rings is 2. The van der Waals surface area contributed by atoms with Crippen LogP contribution >= 0.6 is 0 Å². The van der Waals surface area contributed by atoms with Crippen molar-refractivity contribution in [2.45, 2.75) is 31.8 Å². The standard InChI is InChI=1S/C20H20N4O2/c25-19(11-12-24-13-21-17-7-3-4-8-18(17)24)23-16-6-2-1-5-15(16)20(26)22-14-9-10-14/h1-8,13-14H,9-12H2,(H,22,26)(H,23,25). The van der Waals surface area contributed by atoms with Crippen LogP contribution in [-0.2, 0) is 11.3 Å². The molecule has 3 aromatic rings. The average Bonchev–Trinajstić information content (AvgIpc) is 3.37. The summed E-state index contributed by atoms with van der Waals surface area (Å²) < 4.78 is 1.96. The van der Waals surface area contributed by atoms with Crippen LogP contribution in [-0.4, -0.2) is 27.4 Å². The Kier molecular flexibility index (Phi) is 4.39. The highest BCUT2D eigenvalue weighted by molar-refractivity contribution is 6.03. The molecular weight excluding hydrogens is 328 g/mol. The number of para-hydroxylation sites is 3. The molecule has 0 unspecified atom stereocenters. The highest BCUT2D eigenvalue weighted by Crippen LogP contribution is 2.21. The monoisotopic (exact) mass is 348 g/mol. The normalized spacial score (nSPS) is 13.5. The molecule has 1 saturated carbocycles. The molecule has 0 radical (unpaired) electrons. The minimum absolute atomic E-state index is 0.130. The molecule has 6 heteroatoms. The highest BCUT2D eigenvalue weighted by atomic mass is 16.2. The largest absolute Gasteiger partial charge is 0.349 e. The number of nitrogens with one attached hydrogen (secondary N) is 2. The lowest BCUT2D eigenvalue weighted by atomic mass is 10.1. The van der Waals surface area contributed by atoms with Crippen molar-refractivity contribution in [2.24, 2.45) is 0 Å². The first-order valence-electron chi connectivity index (χ1n) is 8.80. The second-order valence-electron chi connectivity index (χ2n) is 6.52. The molecule has 4 rings (SSSR count). The summed E-state index contributed by atoms with van der Waals surface area (Å²) in [6, 6.07) is 15.2. The summed E-state index contributed by atoms with van der Waals surface area (Å²) in [5.74, 6) is -0.265. The van der Waals surface area contributed by atoms with Crippen molar-refractivity contribution in [1.29, 1.82) is 0 Å². The molecule has 0 saturated heterocycles. The fourth-order valence-corrected chi connectivity index (χ4v) is 2.90. The first-order valence-corrected chi connectivity index (χ1v) is 8.80. The topological polar surface area (TPSA) is 76.0 Å². The average molecular weight is 348 g/mol. The van der Waals surface area contributed by atoms with Gasteiger partial charge in [0.2, 0.25) is 5.91 Å².